The molecule has 0 aromatic heterocycles. The van der Waals surface area contributed by atoms with Crippen LogP contribution >= 0.6 is 11.6 Å². The number of likely N-dealkylation sites (tertiary alicyclic amines) is 2. The van der Waals surface area contributed by atoms with Crippen molar-refractivity contribution in [3.05, 3.63) is 34.6 Å². The van der Waals surface area contributed by atoms with E-state index in [1.54, 1.807) is 12.1 Å². The number of fused-ring (bicyclic) bond motifs is 1. The highest BCUT2D eigenvalue weighted by Crippen LogP contribution is 2.33. The van der Waals surface area contributed by atoms with Crippen molar-refractivity contribution in [1.82, 2.24) is 9.80 Å². The quantitative estimate of drug-likeness (QED) is 0.819. The summed E-state index contributed by atoms with van der Waals surface area (Å²) in [7, 11) is 0. The zero-order chi connectivity index (χ0) is 17.3. The number of carbonyl (C=O) groups is 1. The Balaban J connectivity index is 1.68. The molecule has 0 radical (unpaired) electrons. The lowest BCUT2D eigenvalue weighted by Gasteiger charge is -2.47. The van der Waals surface area contributed by atoms with Gasteiger partial charge in [0.25, 0.3) is 0 Å². The Morgan fingerprint density at radius 1 is 1.33 bits per heavy atom. The van der Waals surface area contributed by atoms with Gasteiger partial charge < -0.3 is 4.90 Å². The lowest BCUT2D eigenvalue weighted by molar-refractivity contribution is -0.142. The lowest BCUT2D eigenvalue weighted by atomic mass is 9.83. The van der Waals surface area contributed by atoms with Crippen molar-refractivity contribution in [3.8, 4) is 0 Å². The molecule has 0 spiro atoms. The maximum atomic E-state index is 14.0. The van der Waals surface area contributed by atoms with Crippen molar-refractivity contribution < 1.29 is 9.18 Å². The molecule has 2 fully saturated rings. The van der Waals surface area contributed by atoms with Gasteiger partial charge in [0, 0.05) is 49.2 Å². The maximum absolute atomic E-state index is 14.0. The van der Waals surface area contributed by atoms with Crippen LogP contribution in [0.2, 0.25) is 5.02 Å². The van der Waals surface area contributed by atoms with Crippen LogP contribution in [-0.4, -0.2) is 41.4 Å². The standard InChI is InChI=1S/C19H26ClFN2O/c1-13(2)10-23-18-8-9-22(11-14(18)6-7-19(23)24)12-15-16(20)4-3-5-17(15)21/h3-5,13-14,18H,6-12H2,1-2H3/t14-,18+/m1/s1. The SMILES string of the molecule is CC(C)CN1C(=O)CC[C@@H]2CN(Cc3c(F)cccc3Cl)CC[C@@H]21. The molecular formula is C19H26ClFN2O. The van der Waals surface area contributed by atoms with Crippen LogP contribution in [0.1, 0.15) is 38.7 Å². The number of piperidine rings is 2. The molecule has 1 aromatic carbocycles. The van der Waals surface area contributed by atoms with E-state index in [0.717, 1.165) is 32.5 Å². The van der Waals surface area contributed by atoms with Gasteiger partial charge in [-0.05, 0) is 36.8 Å². The highest BCUT2D eigenvalue weighted by atomic mass is 35.5. The Morgan fingerprint density at radius 3 is 2.83 bits per heavy atom. The fraction of sp³-hybridized carbons (Fsp3) is 0.632. The first-order valence-electron chi connectivity index (χ1n) is 8.90. The van der Waals surface area contributed by atoms with Crippen molar-refractivity contribution in [2.24, 2.45) is 11.8 Å². The first-order chi connectivity index (χ1) is 11.5. The van der Waals surface area contributed by atoms with Crippen molar-refractivity contribution in [3.63, 3.8) is 0 Å². The summed E-state index contributed by atoms with van der Waals surface area (Å²) in [4.78, 5) is 16.7. The molecule has 0 bridgehead atoms. The van der Waals surface area contributed by atoms with Gasteiger partial charge in [-0.25, -0.2) is 4.39 Å². The van der Waals surface area contributed by atoms with Crippen LogP contribution in [0.25, 0.3) is 0 Å². The molecule has 2 atom stereocenters. The summed E-state index contributed by atoms with van der Waals surface area (Å²) >= 11 is 6.17. The normalized spacial score (nSPS) is 25.2. The number of rotatable bonds is 4. The Morgan fingerprint density at radius 2 is 2.12 bits per heavy atom. The van der Waals surface area contributed by atoms with E-state index in [1.165, 1.54) is 6.07 Å². The molecule has 0 N–H and O–H groups in total. The Hall–Kier alpha value is -1.13. The van der Waals surface area contributed by atoms with E-state index in [2.05, 4.69) is 23.6 Å². The number of halogens is 2. The molecule has 0 unspecified atom stereocenters. The van der Waals surface area contributed by atoms with Crippen molar-refractivity contribution in [2.45, 2.75) is 45.7 Å². The molecule has 3 rings (SSSR count). The molecule has 1 aromatic rings. The number of carbonyl (C=O) groups excluding carboxylic acids is 1. The number of amides is 1. The molecule has 24 heavy (non-hydrogen) atoms. The first-order valence-corrected chi connectivity index (χ1v) is 9.28. The Kier molecular flexibility index (Phi) is 5.46. The summed E-state index contributed by atoms with van der Waals surface area (Å²) in [6, 6.07) is 5.21. The first kappa shape index (κ1) is 17.7. The molecule has 0 saturated carbocycles. The van der Waals surface area contributed by atoms with Crippen molar-refractivity contribution in [1.29, 1.82) is 0 Å². The summed E-state index contributed by atoms with van der Waals surface area (Å²) in [5.41, 5.74) is 0.587. The molecule has 1 amide bonds. The predicted octanol–water partition coefficient (Wildman–Crippen LogP) is 3.95. The van der Waals surface area contributed by atoms with Crippen LogP contribution < -0.4 is 0 Å². The van der Waals surface area contributed by atoms with Gasteiger partial charge in [-0.3, -0.25) is 9.69 Å². The third kappa shape index (κ3) is 3.75. The van der Waals surface area contributed by atoms with E-state index in [-0.39, 0.29) is 5.82 Å². The van der Waals surface area contributed by atoms with Crippen LogP contribution in [-0.2, 0) is 11.3 Å². The molecule has 2 aliphatic rings. The number of nitrogens with zero attached hydrogens (tertiary/aromatic N) is 2. The summed E-state index contributed by atoms with van der Waals surface area (Å²) in [5.74, 6) is 1.05. The fourth-order valence-corrected chi connectivity index (χ4v) is 4.33. The molecule has 0 aliphatic carbocycles. The molecule has 2 aliphatic heterocycles. The molecular weight excluding hydrogens is 327 g/mol. The third-order valence-corrected chi connectivity index (χ3v) is 5.59. The van der Waals surface area contributed by atoms with Gasteiger partial charge in [-0.1, -0.05) is 31.5 Å². The minimum atomic E-state index is -0.232. The van der Waals surface area contributed by atoms with Gasteiger partial charge in [0.2, 0.25) is 5.91 Å². The minimum absolute atomic E-state index is 0.232. The summed E-state index contributed by atoms with van der Waals surface area (Å²) in [6.07, 6.45) is 2.55. The van der Waals surface area contributed by atoms with Crippen molar-refractivity contribution >= 4 is 17.5 Å². The molecule has 3 nitrogen and oxygen atoms in total. The zero-order valence-corrected chi connectivity index (χ0v) is 15.2. The monoisotopic (exact) mass is 352 g/mol. The topological polar surface area (TPSA) is 23.6 Å². The predicted molar refractivity (Wildman–Crippen MR) is 94.4 cm³/mol. The maximum Gasteiger partial charge on any atom is 0.222 e. The summed E-state index contributed by atoms with van der Waals surface area (Å²) in [5, 5.41) is 0.498. The average molecular weight is 353 g/mol. The van der Waals surface area contributed by atoms with Crippen LogP contribution in [0.15, 0.2) is 18.2 Å². The molecule has 132 valence electrons. The van der Waals surface area contributed by atoms with Crippen LogP contribution in [0.5, 0.6) is 0 Å². The van der Waals surface area contributed by atoms with Crippen LogP contribution in [0.3, 0.4) is 0 Å². The zero-order valence-electron chi connectivity index (χ0n) is 14.5. The Labute approximate surface area is 148 Å². The fourth-order valence-electron chi connectivity index (χ4n) is 4.11. The van der Waals surface area contributed by atoms with Crippen LogP contribution in [0, 0.1) is 17.7 Å². The Bertz CT molecular complexity index is 587. The lowest BCUT2D eigenvalue weighted by Crippen LogP contribution is -2.56. The smallest absolute Gasteiger partial charge is 0.222 e. The number of hydrogen-bond donors (Lipinski definition) is 0. The second-order valence-electron chi connectivity index (χ2n) is 7.53. The van der Waals surface area contributed by atoms with Gasteiger partial charge in [0.1, 0.15) is 5.82 Å². The molecule has 2 heterocycles. The summed E-state index contributed by atoms with van der Waals surface area (Å²) in [6.45, 7) is 7.51. The second kappa shape index (κ2) is 7.40. The van der Waals surface area contributed by atoms with E-state index in [9.17, 15) is 9.18 Å². The van der Waals surface area contributed by atoms with E-state index in [4.69, 9.17) is 11.6 Å². The third-order valence-electron chi connectivity index (χ3n) is 5.23. The molecule has 2 saturated heterocycles. The van der Waals surface area contributed by atoms with Gasteiger partial charge in [0.15, 0.2) is 0 Å². The van der Waals surface area contributed by atoms with Gasteiger partial charge in [-0.15, -0.1) is 0 Å². The van der Waals surface area contributed by atoms with E-state index < -0.39 is 0 Å². The van der Waals surface area contributed by atoms with E-state index in [0.29, 0.717) is 47.3 Å². The average Bonchev–Trinajstić information content (AvgIpc) is 2.53. The van der Waals surface area contributed by atoms with E-state index in [1.807, 2.05) is 0 Å². The number of benzene rings is 1. The van der Waals surface area contributed by atoms with Gasteiger partial charge in [-0.2, -0.15) is 0 Å². The minimum Gasteiger partial charge on any atom is -0.339 e. The van der Waals surface area contributed by atoms with Crippen molar-refractivity contribution in [2.75, 3.05) is 19.6 Å². The molecule has 5 heteroatoms. The largest absolute Gasteiger partial charge is 0.339 e. The number of hydrogen-bond acceptors (Lipinski definition) is 2. The van der Waals surface area contributed by atoms with Gasteiger partial charge >= 0.3 is 0 Å². The summed E-state index contributed by atoms with van der Waals surface area (Å²) < 4.78 is 14.0. The van der Waals surface area contributed by atoms with E-state index >= 15 is 0 Å². The highest BCUT2D eigenvalue weighted by molar-refractivity contribution is 6.31. The van der Waals surface area contributed by atoms with Crippen LogP contribution in [0.4, 0.5) is 4.39 Å². The highest BCUT2D eigenvalue weighted by Gasteiger charge is 2.39. The van der Waals surface area contributed by atoms with Gasteiger partial charge in [0.05, 0.1) is 0 Å². The second-order valence-corrected chi connectivity index (χ2v) is 7.94.